The molecule has 5 nitrogen and oxygen atoms in total. The van der Waals surface area contributed by atoms with E-state index < -0.39 is 22.2 Å². The number of aliphatic hydroxyl groups is 1. The second kappa shape index (κ2) is 4.14. The van der Waals surface area contributed by atoms with E-state index in [4.69, 9.17) is 5.11 Å². The van der Waals surface area contributed by atoms with Crippen molar-refractivity contribution in [2.75, 3.05) is 0 Å². The SMILES string of the molecule is O=S(=O)(c1ccccc1)N(O)C1CC(O)C1. The molecule has 0 amide bonds. The minimum absolute atomic E-state index is 0.0545. The Hall–Kier alpha value is -0.950. The Morgan fingerprint density at radius 1 is 1.19 bits per heavy atom. The van der Waals surface area contributed by atoms with Crippen molar-refractivity contribution >= 4 is 10.0 Å². The zero-order valence-corrected chi connectivity index (χ0v) is 9.34. The molecule has 88 valence electrons. The van der Waals surface area contributed by atoms with Crippen LogP contribution in [0.5, 0.6) is 0 Å². The maximum absolute atomic E-state index is 11.9. The van der Waals surface area contributed by atoms with E-state index in [9.17, 15) is 13.6 Å². The number of hydrogen-bond acceptors (Lipinski definition) is 4. The Morgan fingerprint density at radius 3 is 2.25 bits per heavy atom. The molecule has 0 heterocycles. The molecule has 0 aromatic heterocycles. The van der Waals surface area contributed by atoms with Crippen LogP contribution in [-0.2, 0) is 10.0 Å². The molecule has 0 spiro atoms. The number of hydrogen-bond donors (Lipinski definition) is 2. The summed E-state index contributed by atoms with van der Waals surface area (Å²) >= 11 is 0. The Labute approximate surface area is 93.9 Å². The van der Waals surface area contributed by atoms with E-state index in [0.717, 1.165) is 0 Å². The monoisotopic (exact) mass is 243 g/mol. The van der Waals surface area contributed by atoms with Crippen molar-refractivity contribution in [2.45, 2.75) is 29.9 Å². The summed E-state index contributed by atoms with van der Waals surface area (Å²) < 4.78 is 24.1. The molecule has 1 saturated carbocycles. The van der Waals surface area contributed by atoms with Crippen LogP contribution in [0.1, 0.15) is 12.8 Å². The fourth-order valence-corrected chi connectivity index (χ4v) is 2.92. The summed E-state index contributed by atoms with van der Waals surface area (Å²) in [6.45, 7) is 0. The first-order chi connectivity index (χ1) is 7.51. The highest BCUT2D eigenvalue weighted by molar-refractivity contribution is 7.89. The zero-order valence-electron chi connectivity index (χ0n) is 8.52. The van der Waals surface area contributed by atoms with Crippen LogP contribution in [0.3, 0.4) is 0 Å². The smallest absolute Gasteiger partial charge is 0.265 e. The Morgan fingerprint density at radius 2 is 1.75 bits per heavy atom. The van der Waals surface area contributed by atoms with E-state index in [0.29, 0.717) is 4.47 Å². The summed E-state index contributed by atoms with van der Waals surface area (Å²) in [6.07, 6.45) is 0.0520. The fraction of sp³-hybridized carbons (Fsp3) is 0.400. The third-order valence-corrected chi connectivity index (χ3v) is 4.35. The standard InChI is InChI=1S/C10H13NO4S/c12-9-6-8(7-9)11(13)16(14,15)10-4-2-1-3-5-10/h1-5,8-9,12-13H,6-7H2. The average molecular weight is 243 g/mol. The molecule has 1 aromatic carbocycles. The second-order valence-electron chi connectivity index (χ2n) is 3.87. The van der Waals surface area contributed by atoms with Crippen molar-refractivity contribution in [2.24, 2.45) is 0 Å². The lowest BCUT2D eigenvalue weighted by Gasteiger charge is -2.35. The van der Waals surface area contributed by atoms with E-state index in [-0.39, 0.29) is 17.7 Å². The van der Waals surface area contributed by atoms with E-state index in [1.54, 1.807) is 18.2 Å². The van der Waals surface area contributed by atoms with E-state index in [2.05, 4.69) is 0 Å². The van der Waals surface area contributed by atoms with Gasteiger partial charge in [-0.1, -0.05) is 22.7 Å². The van der Waals surface area contributed by atoms with Crippen molar-refractivity contribution in [1.29, 1.82) is 0 Å². The number of hydroxylamine groups is 1. The van der Waals surface area contributed by atoms with Crippen LogP contribution in [0.4, 0.5) is 0 Å². The van der Waals surface area contributed by atoms with Crippen LogP contribution in [0, 0.1) is 0 Å². The summed E-state index contributed by atoms with van der Waals surface area (Å²) in [5.74, 6) is 0. The van der Waals surface area contributed by atoms with Crippen molar-refractivity contribution in [3.05, 3.63) is 30.3 Å². The molecular formula is C10H13NO4S. The predicted octanol–water partition coefficient (Wildman–Crippen LogP) is 0.590. The minimum Gasteiger partial charge on any atom is -0.393 e. The van der Waals surface area contributed by atoms with Gasteiger partial charge in [-0.3, -0.25) is 5.21 Å². The molecule has 1 aromatic rings. The average Bonchev–Trinajstić information content (AvgIpc) is 2.25. The molecule has 0 radical (unpaired) electrons. The van der Waals surface area contributed by atoms with Crippen molar-refractivity contribution < 1.29 is 18.7 Å². The van der Waals surface area contributed by atoms with Gasteiger partial charge in [-0.05, 0) is 25.0 Å². The molecule has 1 fully saturated rings. The molecule has 0 atom stereocenters. The molecule has 2 N–H and O–H groups in total. The van der Waals surface area contributed by atoms with E-state index >= 15 is 0 Å². The Balaban J connectivity index is 2.20. The largest absolute Gasteiger partial charge is 0.393 e. The highest BCUT2D eigenvalue weighted by Gasteiger charge is 2.38. The van der Waals surface area contributed by atoms with Gasteiger partial charge >= 0.3 is 0 Å². The lowest BCUT2D eigenvalue weighted by Crippen LogP contribution is -2.48. The van der Waals surface area contributed by atoms with Gasteiger partial charge < -0.3 is 5.11 Å². The molecule has 1 aliphatic carbocycles. The summed E-state index contributed by atoms with van der Waals surface area (Å²) in [6, 6.07) is 7.22. The Bertz CT molecular complexity index is 453. The van der Waals surface area contributed by atoms with Gasteiger partial charge in [-0.2, -0.15) is 0 Å². The molecule has 2 rings (SSSR count). The quantitative estimate of drug-likeness (QED) is 0.762. The van der Waals surface area contributed by atoms with Crippen LogP contribution in [0.2, 0.25) is 0 Å². The zero-order chi connectivity index (χ0) is 11.8. The first kappa shape index (κ1) is 11.5. The number of sulfonamides is 1. The topological polar surface area (TPSA) is 77.8 Å². The van der Waals surface area contributed by atoms with Gasteiger partial charge in [-0.25, -0.2) is 8.42 Å². The van der Waals surface area contributed by atoms with Crippen molar-refractivity contribution in [1.82, 2.24) is 4.47 Å². The molecule has 1 aliphatic rings. The van der Waals surface area contributed by atoms with Crippen LogP contribution in [0.25, 0.3) is 0 Å². The normalized spacial score (nSPS) is 25.4. The number of nitrogens with zero attached hydrogens (tertiary/aromatic N) is 1. The van der Waals surface area contributed by atoms with Crippen LogP contribution >= 0.6 is 0 Å². The second-order valence-corrected chi connectivity index (χ2v) is 5.67. The lowest BCUT2D eigenvalue weighted by molar-refractivity contribution is -0.0985. The van der Waals surface area contributed by atoms with E-state index in [1.165, 1.54) is 12.1 Å². The van der Waals surface area contributed by atoms with Gasteiger partial charge in [0.25, 0.3) is 10.0 Å². The van der Waals surface area contributed by atoms with Gasteiger partial charge in [0.15, 0.2) is 0 Å². The summed E-state index contributed by atoms with van der Waals surface area (Å²) in [4.78, 5) is 0.0545. The predicted molar refractivity (Wildman–Crippen MR) is 56.3 cm³/mol. The summed E-state index contributed by atoms with van der Waals surface area (Å²) in [7, 11) is -3.84. The van der Waals surface area contributed by atoms with Gasteiger partial charge in [0.2, 0.25) is 0 Å². The first-order valence-electron chi connectivity index (χ1n) is 4.98. The van der Waals surface area contributed by atoms with Gasteiger partial charge in [0.1, 0.15) is 0 Å². The Kier molecular flexibility index (Phi) is 2.98. The highest BCUT2D eigenvalue weighted by Crippen LogP contribution is 2.28. The molecule has 0 bridgehead atoms. The molecule has 0 saturated heterocycles. The van der Waals surface area contributed by atoms with Crippen LogP contribution in [-0.4, -0.2) is 35.3 Å². The van der Waals surface area contributed by atoms with Crippen LogP contribution < -0.4 is 0 Å². The van der Waals surface area contributed by atoms with Crippen molar-refractivity contribution in [3.8, 4) is 0 Å². The third-order valence-electron chi connectivity index (χ3n) is 2.69. The number of aliphatic hydroxyl groups excluding tert-OH is 1. The fourth-order valence-electron chi connectivity index (χ4n) is 1.64. The molecule has 0 aliphatic heterocycles. The molecule has 0 unspecified atom stereocenters. The molecule has 6 heteroatoms. The number of rotatable bonds is 3. The number of benzene rings is 1. The van der Waals surface area contributed by atoms with E-state index in [1.807, 2.05) is 0 Å². The molecular weight excluding hydrogens is 230 g/mol. The summed E-state index contributed by atoms with van der Waals surface area (Å²) in [5, 5.41) is 18.7. The highest BCUT2D eigenvalue weighted by atomic mass is 32.2. The van der Waals surface area contributed by atoms with Gasteiger partial charge in [-0.15, -0.1) is 0 Å². The lowest BCUT2D eigenvalue weighted by atomic mass is 9.90. The van der Waals surface area contributed by atoms with Gasteiger partial charge in [0.05, 0.1) is 17.0 Å². The first-order valence-corrected chi connectivity index (χ1v) is 6.42. The maximum atomic E-state index is 11.9. The van der Waals surface area contributed by atoms with Crippen molar-refractivity contribution in [3.63, 3.8) is 0 Å². The molecule has 16 heavy (non-hydrogen) atoms. The van der Waals surface area contributed by atoms with Crippen LogP contribution in [0.15, 0.2) is 35.2 Å². The minimum atomic E-state index is -3.84. The third kappa shape index (κ3) is 1.97. The maximum Gasteiger partial charge on any atom is 0.265 e. The van der Waals surface area contributed by atoms with Gasteiger partial charge in [0, 0.05) is 0 Å². The summed E-state index contributed by atoms with van der Waals surface area (Å²) in [5.41, 5.74) is 0.